The second kappa shape index (κ2) is 6.85. The Morgan fingerprint density at radius 3 is 2.68 bits per heavy atom. The summed E-state index contributed by atoms with van der Waals surface area (Å²) in [6, 6.07) is 5.02. The minimum atomic E-state index is -0.970. The molecular formula is C18H20F2N4O. The first-order valence-corrected chi connectivity index (χ1v) is 8.04. The number of nitrogens with zero attached hydrogens (tertiary/aromatic N) is 3. The highest BCUT2D eigenvalue weighted by Gasteiger charge is 2.18. The summed E-state index contributed by atoms with van der Waals surface area (Å²) < 4.78 is 28.3. The van der Waals surface area contributed by atoms with Gasteiger partial charge in [-0.2, -0.15) is 0 Å². The first kappa shape index (κ1) is 17.4. The minimum absolute atomic E-state index is 0.325. The Balaban J connectivity index is 1.73. The number of aliphatic hydroxyl groups is 1. The van der Waals surface area contributed by atoms with Gasteiger partial charge in [-0.3, -0.25) is 4.40 Å². The van der Waals surface area contributed by atoms with Crippen LogP contribution in [0.3, 0.4) is 0 Å². The van der Waals surface area contributed by atoms with Gasteiger partial charge in [0.25, 0.3) is 0 Å². The number of imidazole rings is 1. The zero-order chi connectivity index (χ0) is 18.1. The van der Waals surface area contributed by atoms with Gasteiger partial charge in [0, 0.05) is 24.0 Å². The number of halogens is 2. The van der Waals surface area contributed by atoms with E-state index in [4.69, 9.17) is 0 Å². The van der Waals surface area contributed by atoms with E-state index >= 15 is 0 Å². The Hall–Kier alpha value is -2.38. The second-order valence-electron chi connectivity index (χ2n) is 6.21. The Morgan fingerprint density at radius 2 is 1.96 bits per heavy atom. The van der Waals surface area contributed by atoms with Gasteiger partial charge in [0.15, 0.2) is 11.6 Å². The molecule has 3 aromatic rings. The van der Waals surface area contributed by atoms with Crippen LogP contribution >= 0.6 is 0 Å². The number of fused-ring (bicyclic) bond motifs is 1. The van der Waals surface area contributed by atoms with E-state index in [0.29, 0.717) is 17.9 Å². The van der Waals surface area contributed by atoms with Crippen LogP contribution in [0.4, 0.5) is 8.78 Å². The first-order valence-electron chi connectivity index (χ1n) is 8.04. The topological polar surface area (TPSA) is 62.5 Å². The molecule has 0 aliphatic carbocycles. The van der Waals surface area contributed by atoms with Crippen LogP contribution in [0, 0.1) is 25.5 Å². The summed E-state index contributed by atoms with van der Waals surface area (Å²) in [5.41, 5.74) is 3.15. The van der Waals surface area contributed by atoms with E-state index in [-0.39, 0.29) is 6.04 Å². The molecule has 3 rings (SSSR count). The van der Waals surface area contributed by atoms with E-state index in [9.17, 15) is 13.9 Å². The third kappa shape index (κ3) is 3.52. The van der Waals surface area contributed by atoms with Crippen molar-refractivity contribution in [2.45, 2.75) is 39.5 Å². The molecule has 2 atom stereocenters. The summed E-state index contributed by atoms with van der Waals surface area (Å²) >= 11 is 0. The Bertz CT molecular complexity index is 909. The highest BCUT2D eigenvalue weighted by molar-refractivity contribution is 5.35. The molecule has 2 aromatic heterocycles. The van der Waals surface area contributed by atoms with E-state index in [1.54, 1.807) is 13.1 Å². The molecule has 2 heterocycles. The molecule has 0 fully saturated rings. The van der Waals surface area contributed by atoms with Crippen molar-refractivity contribution >= 4 is 5.78 Å². The van der Waals surface area contributed by atoms with Gasteiger partial charge < -0.3 is 10.4 Å². The fourth-order valence-electron chi connectivity index (χ4n) is 2.88. The molecule has 0 aliphatic rings. The van der Waals surface area contributed by atoms with E-state index in [2.05, 4.69) is 15.3 Å². The van der Waals surface area contributed by atoms with Gasteiger partial charge in [-0.05, 0) is 44.5 Å². The quantitative estimate of drug-likeness (QED) is 0.746. The first-order chi connectivity index (χ1) is 11.9. The van der Waals surface area contributed by atoms with Gasteiger partial charge in [0.2, 0.25) is 5.78 Å². The van der Waals surface area contributed by atoms with Crippen LogP contribution < -0.4 is 5.32 Å². The summed E-state index contributed by atoms with van der Waals surface area (Å²) in [7, 11) is 0. The van der Waals surface area contributed by atoms with Crippen molar-refractivity contribution in [2.75, 3.05) is 0 Å². The van der Waals surface area contributed by atoms with E-state index in [1.807, 2.05) is 24.3 Å². The lowest BCUT2D eigenvalue weighted by atomic mass is 10.0. The fraction of sp³-hybridized carbons (Fsp3) is 0.333. The lowest BCUT2D eigenvalue weighted by molar-refractivity contribution is 0.134. The number of hydrogen-bond acceptors (Lipinski definition) is 4. The maximum absolute atomic E-state index is 13.3. The molecule has 2 unspecified atom stereocenters. The summed E-state index contributed by atoms with van der Waals surface area (Å²) in [4.78, 5) is 8.68. The average molecular weight is 346 g/mol. The lowest BCUT2D eigenvalue weighted by Crippen LogP contribution is -2.32. The number of aromatic nitrogens is 3. The maximum Gasteiger partial charge on any atom is 0.234 e. The normalized spacial score (nSPS) is 14.0. The van der Waals surface area contributed by atoms with E-state index < -0.39 is 17.7 Å². The van der Waals surface area contributed by atoms with Crippen LogP contribution in [-0.2, 0) is 6.54 Å². The molecular weight excluding hydrogens is 326 g/mol. The molecule has 0 radical (unpaired) electrons. The predicted molar refractivity (Wildman–Crippen MR) is 90.1 cm³/mol. The maximum atomic E-state index is 13.3. The molecule has 0 spiro atoms. The van der Waals surface area contributed by atoms with Crippen LogP contribution in [0.25, 0.3) is 5.78 Å². The van der Waals surface area contributed by atoms with Crippen LogP contribution in [0.2, 0.25) is 0 Å². The van der Waals surface area contributed by atoms with Crippen molar-refractivity contribution in [3.63, 3.8) is 0 Å². The molecule has 2 N–H and O–H groups in total. The van der Waals surface area contributed by atoms with Crippen molar-refractivity contribution in [3.05, 3.63) is 64.7 Å². The molecule has 0 saturated carbocycles. The largest absolute Gasteiger partial charge is 0.387 e. The summed E-state index contributed by atoms with van der Waals surface area (Å²) in [6.07, 6.45) is 0.772. The summed E-state index contributed by atoms with van der Waals surface area (Å²) in [6.45, 7) is 6.13. The van der Waals surface area contributed by atoms with E-state index in [0.717, 1.165) is 29.2 Å². The molecule has 0 amide bonds. The summed E-state index contributed by atoms with van der Waals surface area (Å²) in [5.74, 6) is -1.27. The Morgan fingerprint density at radius 1 is 1.20 bits per heavy atom. The number of hydrogen-bond donors (Lipinski definition) is 2. The molecule has 25 heavy (non-hydrogen) atoms. The zero-order valence-corrected chi connectivity index (χ0v) is 14.3. The van der Waals surface area contributed by atoms with Gasteiger partial charge in [0.05, 0.1) is 18.0 Å². The minimum Gasteiger partial charge on any atom is -0.387 e. The SMILES string of the molecule is Cc1cc(C)n2c(CNC(C)C(O)c3ccc(F)c(F)c3)cnc2n1. The zero-order valence-electron chi connectivity index (χ0n) is 14.3. The Kier molecular flexibility index (Phi) is 4.78. The third-order valence-corrected chi connectivity index (χ3v) is 4.23. The van der Waals surface area contributed by atoms with Crippen molar-refractivity contribution in [1.29, 1.82) is 0 Å². The number of aliphatic hydroxyl groups excluding tert-OH is 1. The summed E-state index contributed by atoms with van der Waals surface area (Å²) in [5, 5.41) is 13.5. The van der Waals surface area contributed by atoms with Gasteiger partial charge in [-0.25, -0.2) is 18.7 Å². The molecule has 7 heteroatoms. The van der Waals surface area contributed by atoms with Crippen LogP contribution in [0.15, 0.2) is 30.5 Å². The van der Waals surface area contributed by atoms with Gasteiger partial charge in [-0.15, -0.1) is 0 Å². The van der Waals surface area contributed by atoms with Crippen molar-refractivity contribution in [1.82, 2.24) is 19.7 Å². The van der Waals surface area contributed by atoms with Crippen LogP contribution in [0.5, 0.6) is 0 Å². The molecule has 5 nitrogen and oxygen atoms in total. The number of rotatable bonds is 5. The fourth-order valence-corrected chi connectivity index (χ4v) is 2.88. The number of aryl methyl sites for hydroxylation is 2. The van der Waals surface area contributed by atoms with Crippen molar-refractivity contribution < 1.29 is 13.9 Å². The second-order valence-corrected chi connectivity index (χ2v) is 6.21. The van der Waals surface area contributed by atoms with Crippen LogP contribution in [-0.4, -0.2) is 25.5 Å². The highest BCUT2D eigenvalue weighted by Crippen LogP contribution is 2.20. The predicted octanol–water partition coefficient (Wildman–Crippen LogP) is 2.84. The molecule has 0 aliphatic heterocycles. The number of nitrogens with one attached hydrogen (secondary N) is 1. The van der Waals surface area contributed by atoms with Gasteiger partial charge >= 0.3 is 0 Å². The van der Waals surface area contributed by atoms with Gasteiger partial charge in [-0.1, -0.05) is 6.07 Å². The molecule has 0 saturated heterocycles. The smallest absolute Gasteiger partial charge is 0.234 e. The standard InChI is InChI=1S/C18H20F2N4O/c1-10-6-11(2)24-14(9-22-18(24)23-10)8-21-12(3)17(25)13-4-5-15(19)16(20)7-13/h4-7,9,12,17,21,25H,8H2,1-3H3. The third-order valence-electron chi connectivity index (χ3n) is 4.23. The van der Waals surface area contributed by atoms with Crippen LogP contribution in [0.1, 0.15) is 35.7 Å². The van der Waals surface area contributed by atoms with Crippen molar-refractivity contribution in [3.8, 4) is 0 Å². The van der Waals surface area contributed by atoms with Crippen molar-refractivity contribution in [2.24, 2.45) is 0 Å². The highest BCUT2D eigenvalue weighted by atomic mass is 19.2. The molecule has 132 valence electrons. The molecule has 1 aromatic carbocycles. The number of benzene rings is 1. The van der Waals surface area contributed by atoms with Gasteiger partial charge in [0.1, 0.15) is 0 Å². The molecule has 0 bridgehead atoms. The monoisotopic (exact) mass is 346 g/mol. The Labute approximate surface area is 144 Å². The average Bonchev–Trinajstić information content (AvgIpc) is 2.97. The lowest BCUT2D eigenvalue weighted by Gasteiger charge is -2.21. The van der Waals surface area contributed by atoms with E-state index in [1.165, 1.54) is 6.07 Å².